The van der Waals surface area contributed by atoms with Gasteiger partial charge in [-0.25, -0.2) is 0 Å². The van der Waals surface area contributed by atoms with E-state index in [1.165, 1.54) is 68.1 Å². The first-order valence-electron chi connectivity index (χ1n) is 19.4. The normalized spacial score (nSPS) is 22.1. The second kappa shape index (κ2) is 14.2. The Kier molecular flexibility index (Phi) is 9.36. The minimum absolute atomic E-state index is 0.265. The first-order valence-corrected chi connectivity index (χ1v) is 19.4. The number of hydrogen-bond donors (Lipinski definition) is 4. The molecule has 0 aromatic heterocycles. The van der Waals surface area contributed by atoms with Gasteiger partial charge in [0.05, 0.1) is 0 Å². The van der Waals surface area contributed by atoms with Gasteiger partial charge in [-0.05, 0) is 122 Å². The molecule has 262 valence electrons. The van der Waals surface area contributed by atoms with Crippen LogP contribution in [0.25, 0.3) is 0 Å². The van der Waals surface area contributed by atoms with E-state index in [9.17, 15) is 19.2 Å². The van der Waals surface area contributed by atoms with Crippen LogP contribution < -0.4 is 43.0 Å². The molecule has 4 fully saturated rings. The molecule has 4 aliphatic rings. The van der Waals surface area contributed by atoms with E-state index in [1.54, 1.807) is 0 Å². The molecule has 0 spiro atoms. The first-order chi connectivity index (χ1) is 24.4. The summed E-state index contributed by atoms with van der Waals surface area (Å²) < 4.78 is 0. The highest BCUT2D eigenvalue weighted by atomic mass is 16.2. The van der Waals surface area contributed by atoms with Crippen molar-refractivity contribution >= 4 is 34.1 Å². The molecule has 8 heteroatoms. The van der Waals surface area contributed by atoms with Crippen LogP contribution in [0.3, 0.4) is 0 Å². The van der Waals surface area contributed by atoms with Crippen molar-refractivity contribution in [2.45, 2.75) is 127 Å². The fourth-order valence-corrected chi connectivity index (χ4v) is 9.16. The second-order valence-corrected chi connectivity index (χ2v) is 15.8. The molecule has 0 radical (unpaired) electrons. The molecular formula is C42H50N4O4. The summed E-state index contributed by atoms with van der Waals surface area (Å²) in [5, 5.41) is 13.4. The molecule has 0 saturated heterocycles. The Morgan fingerprint density at radius 1 is 0.500 bits per heavy atom. The monoisotopic (exact) mass is 674 g/mol. The third-order valence-corrected chi connectivity index (χ3v) is 12.4. The lowest BCUT2D eigenvalue weighted by Crippen LogP contribution is -2.38. The van der Waals surface area contributed by atoms with Crippen LogP contribution in [0.1, 0.15) is 137 Å². The van der Waals surface area contributed by atoms with E-state index in [0.29, 0.717) is 46.4 Å². The highest BCUT2D eigenvalue weighted by Gasteiger charge is 2.29. The average molecular weight is 675 g/mol. The molecule has 4 aromatic rings. The van der Waals surface area contributed by atoms with Crippen LogP contribution >= 0.6 is 0 Å². The molecular weight excluding hydrogens is 624 g/mol. The van der Waals surface area contributed by atoms with Gasteiger partial charge in [0.25, 0.3) is 21.7 Å². The van der Waals surface area contributed by atoms with E-state index in [0.717, 1.165) is 69.3 Å². The molecule has 0 heterocycles. The third-order valence-electron chi connectivity index (χ3n) is 12.4. The van der Waals surface area contributed by atoms with Crippen molar-refractivity contribution in [3.05, 3.63) is 100 Å². The Morgan fingerprint density at radius 3 is 1.78 bits per heavy atom. The number of rotatable bonds is 12. The quantitative estimate of drug-likeness (QED) is 0.111. The lowest BCUT2D eigenvalue weighted by molar-refractivity contribution is 0.333. The lowest BCUT2D eigenvalue weighted by Gasteiger charge is -2.32. The zero-order chi connectivity index (χ0) is 34.2. The largest absolute Gasteiger partial charge is 0.380 e. The van der Waals surface area contributed by atoms with Crippen LogP contribution in [-0.2, 0) is 0 Å². The van der Waals surface area contributed by atoms with Gasteiger partial charge in [-0.2, -0.15) is 0 Å². The Bertz CT molecular complexity index is 1980. The lowest BCUT2D eigenvalue weighted by atomic mass is 9.74. The summed E-state index contributed by atoms with van der Waals surface area (Å²) in [6.07, 6.45) is 18.5. The molecule has 2 unspecified atom stereocenters. The van der Waals surface area contributed by atoms with Crippen LogP contribution in [0.4, 0.5) is 34.1 Å². The molecule has 4 aromatic carbocycles. The minimum Gasteiger partial charge on any atom is -0.380 e. The van der Waals surface area contributed by atoms with Crippen molar-refractivity contribution in [1.82, 2.24) is 0 Å². The van der Waals surface area contributed by atoms with E-state index in [2.05, 4.69) is 51.6 Å². The van der Waals surface area contributed by atoms with Crippen molar-refractivity contribution in [3.63, 3.8) is 0 Å². The molecule has 4 saturated carbocycles. The van der Waals surface area contributed by atoms with Crippen molar-refractivity contribution < 1.29 is 0 Å². The molecule has 2 atom stereocenters. The van der Waals surface area contributed by atoms with Crippen molar-refractivity contribution in [2.75, 3.05) is 27.8 Å². The van der Waals surface area contributed by atoms with Gasteiger partial charge in [-0.15, -0.1) is 0 Å². The summed E-state index contributed by atoms with van der Waals surface area (Å²) in [7, 11) is 0. The molecule has 4 aliphatic carbocycles. The average Bonchev–Trinajstić information content (AvgIpc) is 3.67. The second-order valence-electron chi connectivity index (χ2n) is 15.8. The SMILES string of the molecule is O=c1c(NCC2CCC2)c(Nc2cc(C3CCCCC3)cc(C3CCCC(c4cccc(Nc5c(NC6CCCC6)c(=O)c5=O)c4)C3)c2)c1=O. The molecule has 8 rings (SSSR count). The standard InChI is InChI=1S/C42H50N4O4/c47-39-35(43-24-25-9-6-10-25)36(40(39)48)46-34-22-30(26-11-2-1-3-12-26)20-31(23-34)28-14-7-13-27(19-28)29-15-8-18-33(21-29)45-38-37(41(49)42(38)50)44-32-16-4-5-17-32/h8,15,18,20-23,25-28,32,43-46H,1-7,9-14,16-17,19,24H2. The molecule has 0 amide bonds. The fourth-order valence-electron chi connectivity index (χ4n) is 9.16. The van der Waals surface area contributed by atoms with Gasteiger partial charge in [0.2, 0.25) is 0 Å². The van der Waals surface area contributed by atoms with Gasteiger partial charge in [-0.1, -0.05) is 63.1 Å². The number of nitrogens with one attached hydrogen (secondary N) is 4. The third kappa shape index (κ3) is 6.66. The van der Waals surface area contributed by atoms with Crippen LogP contribution in [0.2, 0.25) is 0 Å². The van der Waals surface area contributed by atoms with Gasteiger partial charge < -0.3 is 21.3 Å². The summed E-state index contributed by atoms with van der Waals surface area (Å²) >= 11 is 0. The summed E-state index contributed by atoms with van der Waals surface area (Å²) in [4.78, 5) is 50.3. The van der Waals surface area contributed by atoms with Crippen LogP contribution in [0.15, 0.2) is 61.6 Å². The zero-order valence-corrected chi connectivity index (χ0v) is 29.1. The summed E-state index contributed by atoms with van der Waals surface area (Å²) in [6.45, 7) is 0.748. The zero-order valence-electron chi connectivity index (χ0n) is 29.1. The van der Waals surface area contributed by atoms with Gasteiger partial charge in [0.15, 0.2) is 0 Å². The van der Waals surface area contributed by atoms with Gasteiger partial charge >= 0.3 is 0 Å². The smallest absolute Gasteiger partial charge is 0.253 e. The van der Waals surface area contributed by atoms with Gasteiger partial charge in [0.1, 0.15) is 22.7 Å². The maximum Gasteiger partial charge on any atom is 0.253 e. The van der Waals surface area contributed by atoms with E-state index in [1.807, 2.05) is 12.1 Å². The highest BCUT2D eigenvalue weighted by Crippen LogP contribution is 2.44. The number of anilines is 6. The Morgan fingerprint density at radius 2 is 1.06 bits per heavy atom. The van der Waals surface area contributed by atoms with Crippen molar-refractivity contribution in [1.29, 1.82) is 0 Å². The van der Waals surface area contributed by atoms with Crippen molar-refractivity contribution in [2.24, 2.45) is 5.92 Å². The van der Waals surface area contributed by atoms with Crippen LogP contribution in [0, 0.1) is 5.92 Å². The molecule has 8 nitrogen and oxygen atoms in total. The van der Waals surface area contributed by atoms with Crippen LogP contribution in [-0.4, -0.2) is 12.6 Å². The van der Waals surface area contributed by atoms with Crippen LogP contribution in [0.5, 0.6) is 0 Å². The van der Waals surface area contributed by atoms with E-state index in [-0.39, 0.29) is 6.04 Å². The van der Waals surface area contributed by atoms with Crippen molar-refractivity contribution in [3.8, 4) is 0 Å². The van der Waals surface area contributed by atoms with E-state index in [4.69, 9.17) is 0 Å². The molecule has 4 N–H and O–H groups in total. The number of benzene rings is 2. The molecule has 50 heavy (non-hydrogen) atoms. The van der Waals surface area contributed by atoms with E-state index < -0.39 is 21.7 Å². The summed E-state index contributed by atoms with van der Waals surface area (Å²) in [5.41, 5.74) is 5.64. The maximum atomic E-state index is 12.8. The van der Waals surface area contributed by atoms with Gasteiger partial charge in [-0.3, -0.25) is 19.2 Å². The topological polar surface area (TPSA) is 116 Å². The predicted octanol–water partition coefficient (Wildman–Crippen LogP) is 8.42. The molecule has 0 aliphatic heterocycles. The van der Waals surface area contributed by atoms with Gasteiger partial charge in [0, 0.05) is 24.0 Å². The Balaban J connectivity index is 1.01. The Labute approximate surface area is 293 Å². The summed E-state index contributed by atoms with van der Waals surface area (Å²) in [6, 6.07) is 15.5. The predicted molar refractivity (Wildman–Crippen MR) is 204 cm³/mol. The first kappa shape index (κ1) is 33.0. The van der Waals surface area contributed by atoms with E-state index >= 15 is 0 Å². The number of hydrogen-bond acceptors (Lipinski definition) is 8. The Hall–Kier alpha value is -4.20. The summed E-state index contributed by atoms with van der Waals surface area (Å²) in [5.74, 6) is 1.83. The fraction of sp³-hybridized carbons (Fsp3) is 0.524. The molecule has 0 bridgehead atoms. The maximum absolute atomic E-state index is 12.8. The minimum atomic E-state index is -0.444. The highest BCUT2D eigenvalue weighted by molar-refractivity contribution is 5.80.